The van der Waals surface area contributed by atoms with Crippen molar-refractivity contribution in [1.82, 2.24) is 19.7 Å². The summed E-state index contributed by atoms with van der Waals surface area (Å²) in [6, 6.07) is 17.0. The molecule has 32 heavy (non-hydrogen) atoms. The number of rotatable bonds is 6. The van der Waals surface area contributed by atoms with E-state index in [0.717, 1.165) is 56.6 Å². The molecule has 1 N–H and O–H groups in total. The van der Waals surface area contributed by atoms with Gasteiger partial charge in [-0.25, -0.2) is 9.48 Å². The molecular weight excluding hydrogens is 402 g/mol. The standard InChI is InChI=1S/C25H29N5O2/c31-24(18-30-25(32)29-14-5-1-2-8-23(29)27-30)26-16-19-9-11-20(12-10-19)17-28-15-13-21-6-3-4-7-22(21)28/h3-4,6-7,9-12H,1-2,5,8,13-18H2,(H,26,31). The number of hydrogen-bond donors (Lipinski definition) is 1. The second-order valence-electron chi connectivity index (χ2n) is 8.71. The molecule has 2 aromatic carbocycles. The van der Waals surface area contributed by atoms with Gasteiger partial charge in [-0.1, -0.05) is 48.9 Å². The first-order valence-corrected chi connectivity index (χ1v) is 11.5. The third-order valence-electron chi connectivity index (χ3n) is 6.44. The van der Waals surface area contributed by atoms with Crippen LogP contribution in [-0.4, -0.2) is 26.8 Å². The Bertz CT molecular complexity index is 1160. The van der Waals surface area contributed by atoms with Crippen LogP contribution in [0.15, 0.2) is 53.3 Å². The van der Waals surface area contributed by atoms with Crippen molar-refractivity contribution in [3.05, 3.63) is 81.5 Å². The van der Waals surface area contributed by atoms with Gasteiger partial charge in [-0.2, -0.15) is 5.10 Å². The maximum atomic E-state index is 12.5. The Hall–Kier alpha value is -3.35. The lowest BCUT2D eigenvalue weighted by atomic mass is 10.1. The normalized spacial score (nSPS) is 15.2. The maximum Gasteiger partial charge on any atom is 0.346 e. The van der Waals surface area contributed by atoms with E-state index in [0.29, 0.717) is 13.1 Å². The summed E-state index contributed by atoms with van der Waals surface area (Å²) in [6.07, 6.45) is 5.06. The summed E-state index contributed by atoms with van der Waals surface area (Å²) in [5.41, 5.74) is 4.86. The summed E-state index contributed by atoms with van der Waals surface area (Å²) >= 11 is 0. The Labute approximate surface area is 187 Å². The quantitative estimate of drug-likeness (QED) is 0.651. The van der Waals surface area contributed by atoms with Gasteiger partial charge in [0.15, 0.2) is 0 Å². The zero-order chi connectivity index (χ0) is 21.9. The van der Waals surface area contributed by atoms with Gasteiger partial charge in [0.2, 0.25) is 5.91 Å². The number of amides is 1. The minimum atomic E-state index is -0.196. The number of carbonyl (C=O) groups is 1. The number of hydrogen-bond acceptors (Lipinski definition) is 4. The van der Waals surface area contributed by atoms with E-state index in [-0.39, 0.29) is 18.1 Å². The number of anilines is 1. The van der Waals surface area contributed by atoms with Crippen LogP contribution < -0.4 is 15.9 Å². The lowest BCUT2D eigenvalue weighted by molar-refractivity contribution is -0.122. The molecule has 5 rings (SSSR count). The van der Waals surface area contributed by atoms with Gasteiger partial charge in [0.25, 0.3) is 0 Å². The smallest absolute Gasteiger partial charge is 0.346 e. The van der Waals surface area contributed by atoms with Crippen LogP contribution in [0.4, 0.5) is 5.69 Å². The van der Waals surface area contributed by atoms with Gasteiger partial charge >= 0.3 is 5.69 Å². The molecule has 0 unspecified atom stereocenters. The third kappa shape index (κ3) is 4.33. The number of para-hydroxylation sites is 1. The number of aromatic nitrogens is 3. The molecule has 1 aromatic heterocycles. The van der Waals surface area contributed by atoms with Crippen molar-refractivity contribution in [3.8, 4) is 0 Å². The van der Waals surface area contributed by atoms with Gasteiger partial charge in [-0.05, 0) is 42.0 Å². The number of aryl methyl sites for hydroxylation is 1. The summed E-state index contributed by atoms with van der Waals surface area (Å²) in [5.74, 6) is 0.606. The van der Waals surface area contributed by atoms with Crippen molar-refractivity contribution in [2.45, 2.75) is 58.3 Å². The highest BCUT2D eigenvalue weighted by Crippen LogP contribution is 2.28. The Kier molecular flexibility index (Phi) is 5.79. The van der Waals surface area contributed by atoms with Crippen molar-refractivity contribution in [3.63, 3.8) is 0 Å². The largest absolute Gasteiger partial charge is 0.367 e. The number of carbonyl (C=O) groups excluding carboxylic acids is 1. The Balaban J connectivity index is 1.15. The average molecular weight is 432 g/mol. The molecule has 3 aromatic rings. The maximum absolute atomic E-state index is 12.5. The highest BCUT2D eigenvalue weighted by atomic mass is 16.2. The summed E-state index contributed by atoms with van der Waals surface area (Å²) in [5, 5.41) is 7.30. The Morgan fingerprint density at radius 2 is 1.75 bits per heavy atom. The van der Waals surface area contributed by atoms with Gasteiger partial charge in [-0.3, -0.25) is 9.36 Å². The first kappa shape index (κ1) is 20.5. The molecule has 0 fully saturated rings. The van der Waals surface area contributed by atoms with E-state index in [4.69, 9.17) is 0 Å². The molecular formula is C25H29N5O2. The van der Waals surface area contributed by atoms with Crippen LogP contribution in [0, 0.1) is 0 Å². The van der Waals surface area contributed by atoms with Crippen LogP contribution in [0.3, 0.4) is 0 Å². The number of nitrogens with one attached hydrogen (secondary N) is 1. The van der Waals surface area contributed by atoms with Crippen LogP contribution >= 0.6 is 0 Å². The predicted octanol–water partition coefficient (Wildman–Crippen LogP) is 2.65. The van der Waals surface area contributed by atoms with Crippen LogP contribution in [0.5, 0.6) is 0 Å². The molecule has 0 saturated carbocycles. The fourth-order valence-corrected chi connectivity index (χ4v) is 4.67. The molecule has 7 nitrogen and oxygen atoms in total. The van der Waals surface area contributed by atoms with Gasteiger partial charge < -0.3 is 10.2 Å². The molecule has 0 radical (unpaired) electrons. The summed E-state index contributed by atoms with van der Waals surface area (Å²) in [7, 11) is 0. The van der Waals surface area contributed by atoms with Gasteiger partial charge in [0.1, 0.15) is 12.4 Å². The monoisotopic (exact) mass is 431 g/mol. The van der Waals surface area contributed by atoms with Gasteiger partial charge in [-0.15, -0.1) is 0 Å². The molecule has 7 heteroatoms. The molecule has 0 aliphatic carbocycles. The van der Waals surface area contributed by atoms with E-state index in [1.807, 2.05) is 0 Å². The highest BCUT2D eigenvalue weighted by molar-refractivity contribution is 5.75. The third-order valence-corrected chi connectivity index (χ3v) is 6.44. The lowest BCUT2D eigenvalue weighted by Gasteiger charge is -2.19. The van der Waals surface area contributed by atoms with Gasteiger partial charge in [0, 0.05) is 38.3 Å². The molecule has 2 aliphatic heterocycles. The predicted molar refractivity (Wildman–Crippen MR) is 124 cm³/mol. The lowest BCUT2D eigenvalue weighted by Crippen LogP contribution is -2.33. The zero-order valence-corrected chi connectivity index (χ0v) is 18.3. The average Bonchev–Trinajstić information content (AvgIpc) is 3.24. The minimum absolute atomic E-state index is 0.0364. The number of fused-ring (bicyclic) bond motifs is 2. The van der Waals surface area contributed by atoms with Crippen LogP contribution in [0.25, 0.3) is 0 Å². The molecule has 1 amide bonds. The van der Waals surface area contributed by atoms with Crippen molar-refractivity contribution >= 4 is 11.6 Å². The second kappa shape index (κ2) is 9.02. The zero-order valence-electron chi connectivity index (χ0n) is 18.3. The van der Waals surface area contributed by atoms with E-state index in [1.54, 1.807) is 4.57 Å². The van der Waals surface area contributed by atoms with E-state index >= 15 is 0 Å². The Morgan fingerprint density at radius 1 is 0.938 bits per heavy atom. The second-order valence-corrected chi connectivity index (χ2v) is 8.71. The molecule has 0 bridgehead atoms. The molecule has 3 heterocycles. The van der Waals surface area contributed by atoms with E-state index in [9.17, 15) is 9.59 Å². The Morgan fingerprint density at radius 3 is 2.62 bits per heavy atom. The molecule has 166 valence electrons. The molecule has 2 aliphatic rings. The fourth-order valence-electron chi connectivity index (χ4n) is 4.67. The van der Waals surface area contributed by atoms with E-state index in [1.165, 1.54) is 21.5 Å². The van der Waals surface area contributed by atoms with Crippen molar-refractivity contribution < 1.29 is 4.79 Å². The number of benzene rings is 2. The summed E-state index contributed by atoms with van der Waals surface area (Å²) in [6.45, 7) is 3.04. The SMILES string of the molecule is O=C(Cn1nc2n(c1=O)CCCCC2)NCc1ccc(CN2CCc3ccccc32)cc1. The van der Waals surface area contributed by atoms with Crippen LogP contribution in [-0.2, 0) is 43.8 Å². The van der Waals surface area contributed by atoms with Crippen molar-refractivity contribution in [1.29, 1.82) is 0 Å². The van der Waals surface area contributed by atoms with Crippen molar-refractivity contribution in [2.24, 2.45) is 0 Å². The van der Waals surface area contributed by atoms with Crippen LogP contribution in [0.1, 0.15) is 41.8 Å². The van der Waals surface area contributed by atoms with E-state index in [2.05, 4.69) is 63.8 Å². The van der Waals surface area contributed by atoms with Crippen molar-refractivity contribution in [2.75, 3.05) is 11.4 Å². The first-order chi connectivity index (χ1) is 15.7. The summed E-state index contributed by atoms with van der Waals surface area (Å²) < 4.78 is 3.02. The topological polar surface area (TPSA) is 72.2 Å². The number of nitrogens with zero attached hydrogens (tertiary/aromatic N) is 4. The van der Waals surface area contributed by atoms with Gasteiger partial charge in [0.05, 0.1) is 0 Å². The fraction of sp³-hybridized carbons (Fsp3) is 0.400. The van der Waals surface area contributed by atoms with E-state index < -0.39 is 0 Å². The molecule has 0 spiro atoms. The minimum Gasteiger partial charge on any atom is -0.367 e. The molecule has 0 atom stereocenters. The molecule has 0 saturated heterocycles. The summed E-state index contributed by atoms with van der Waals surface area (Å²) in [4.78, 5) is 27.3. The first-order valence-electron chi connectivity index (χ1n) is 11.5. The highest BCUT2D eigenvalue weighted by Gasteiger charge is 2.19. The van der Waals surface area contributed by atoms with Crippen LogP contribution in [0.2, 0.25) is 0 Å².